The molecule has 1 aliphatic rings. The van der Waals surface area contributed by atoms with Crippen LogP contribution in [-0.4, -0.2) is 51.6 Å². The van der Waals surface area contributed by atoms with E-state index >= 15 is 0 Å². The minimum absolute atomic E-state index is 0.0375. The van der Waals surface area contributed by atoms with E-state index in [1.54, 1.807) is 0 Å². The van der Waals surface area contributed by atoms with Gasteiger partial charge in [-0.1, -0.05) is 0 Å². The van der Waals surface area contributed by atoms with Crippen molar-refractivity contribution < 1.29 is 18.3 Å². The summed E-state index contributed by atoms with van der Waals surface area (Å²) in [5.74, 6) is -1.09. The molecular weight excluding hydrogens is 332 g/mol. The quantitative estimate of drug-likeness (QED) is 0.886. The summed E-state index contributed by atoms with van der Waals surface area (Å²) in [4.78, 5) is 23.7. The summed E-state index contributed by atoms with van der Waals surface area (Å²) < 4.78 is 25.4. The number of carboxylic acid groups (broad SMARTS) is 1. The number of rotatable bonds is 4. The Labute approximate surface area is 139 Å². The molecule has 0 spiro atoms. The zero-order valence-electron chi connectivity index (χ0n) is 13.0. The van der Waals surface area contributed by atoms with Crippen molar-refractivity contribution in [1.82, 2.24) is 19.3 Å². The average molecular weight is 348 g/mol. The third kappa shape index (κ3) is 3.13. The van der Waals surface area contributed by atoms with E-state index in [0.717, 1.165) is 6.42 Å². The smallest absolute Gasteiger partial charge is 0.337 e. The summed E-state index contributed by atoms with van der Waals surface area (Å²) >= 11 is 0. The molecule has 0 aromatic carbocycles. The largest absolute Gasteiger partial charge is 0.478 e. The van der Waals surface area contributed by atoms with Crippen molar-refractivity contribution in [2.24, 2.45) is 0 Å². The number of hydrogen-bond donors (Lipinski definition) is 1. The van der Waals surface area contributed by atoms with Crippen LogP contribution in [0, 0.1) is 0 Å². The molecule has 2 aromatic rings. The number of pyridine rings is 1. The van der Waals surface area contributed by atoms with Gasteiger partial charge in [-0.25, -0.2) is 13.2 Å². The lowest BCUT2D eigenvalue weighted by Gasteiger charge is -2.23. The maximum atomic E-state index is 12.0. The molecule has 0 unspecified atom stereocenters. The molecule has 1 saturated heterocycles. The molecule has 1 fully saturated rings. The van der Waals surface area contributed by atoms with Crippen molar-refractivity contribution >= 4 is 16.0 Å². The first-order valence-electron chi connectivity index (χ1n) is 7.34. The van der Waals surface area contributed by atoms with Crippen LogP contribution >= 0.6 is 0 Å². The van der Waals surface area contributed by atoms with Gasteiger partial charge in [0.15, 0.2) is 0 Å². The van der Waals surface area contributed by atoms with E-state index in [4.69, 9.17) is 5.11 Å². The van der Waals surface area contributed by atoms with Gasteiger partial charge in [0.1, 0.15) is 0 Å². The monoisotopic (exact) mass is 348 g/mol. The Morgan fingerprint density at radius 2 is 2.04 bits per heavy atom. The van der Waals surface area contributed by atoms with Gasteiger partial charge in [0.25, 0.3) is 0 Å². The molecule has 1 N–H and O–H groups in total. The van der Waals surface area contributed by atoms with E-state index in [0.29, 0.717) is 29.9 Å². The molecule has 0 saturated carbocycles. The summed E-state index contributed by atoms with van der Waals surface area (Å²) in [7, 11) is -3.36. The fourth-order valence-corrected chi connectivity index (χ4v) is 4.04. The standard InChI is InChI=1S/C15H16N4O4S/c1-24(22,23)19-6-2-3-12(19)14-13(17-4-5-18-14)10-7-11(15(20)21)9-16-8-10/h4-5,7-9,12H,2-3,6H2,1H3,(H,20,21)/t12-/m1/s1. The fraction of sp³-hybridized carbons (Fsp3) is 0.333. The number of aromatic nitrogens is 3. The second-order valence-electron chi connectivity index (χ2n) is 5.59. The molecule has 1 aliphatic heterocycles. The molecule has 3 heterocycles. The van der Waals surface area contributed by atoms with Crippen molar-refractivity contribution in [3.63, 3.8) is 0 Å². The van der Waals surface area contributed by atoms with Crippen LogP contribution in [0.1, 0.15) is 34.9 Å². The maximum Gasteiger partial charge on any atom is 0.337 e. The first kappa shape index (κ1) is 16.5. The van der Waals surface area contributed by atoms with Gasteiger partial charge < -0.3 is 5.11 Å². The van der Waals surface area contributed by atoms with Gasteiger partial charge in [-0.05, 0) is 18.9 Å². The van der Waals surface area contributed by atoms with Gasteiger partial charge in [-0.15, -0.1) is 0 Å². The fourth-order valence-electron chi connectivity index (χ4n) is 2.91. The highest BCUT2D eigenvalue weighted by Gasteiger charge is 2.35. The lowest BCUT2D eigenvalue weighted by molar-refractivity contribution is 0.0696. The summed E-state index contributed by atoms with van der Waals surface area (Å²) in [5.41, 5.74) is 1.51. The van der Waals surface area contributed by atoms with E-state index < -0.39 is 22.0 Å². The average Bonchev–Trinajstić information content (AvgIpc) is 3.05. The summed E-state index contributed by atoms with van der Waals surface area (Å²) in [6.45, 7) is 0.437. The first-order valence-corrected chi connectivity index (χ1v) is 9.19. The number of sulfonamides is 1. The van der Waals surface area contributed by atoms with Crippen LogP contribution < -0.4 is 0 Å². The number of carbonyl (C=O) groups is 1. The predicted molar refractivity (Wildman–Crippen MR) is 85.7 cm³/mol. The predicted octanol–water partition coefficient (Wildman–Crippen LogP) is 1.33. The third-order valence-electron chi connectivity index (χ3n) is 3.93. The second kappa shape index (κ2) is 6.25. The summed E-state index contributed by atoms with van der Waals surface area (Å²) in [5, 5.41) is 9.12. The Hall–Kier alpha value is -2.39. The highest BCUT2D eigenvalue weighted by molar-refractivity contribution is 7.88. The summed E-state index contributed by atoms with van der Waals surface area (Å²) in [6.07, 6.45) is 8.30. The molecule has 1 atom stereocenters. The van der Waals surface area contributed by atoms with Crippen LogP contribution in [0.5, 0.6) is 0 Å². The van der Waals surface area contributed by atoms with Gasteiger partial charge in [0.05, 0.1) is 29.2 Å². The third-order valence-corrected chi connectivity index (χ3v) is 5.22. The Balaban J connectivity index is 2.09. The van der Waals surface area contributed by atoms with Crippen LogP contribution in [0.2, 0.25) is 0 Å². The molecule has 3 rings (SSSR count). The first-order chi connectivity index (χ1) is 11.4. The molecule has 0 amide bonds. The van der Waals surface area contributed by atoms with Crippen LogP contribution in [0.3, 0.4) is 0 Å². The van der Waals surface area contributed by atoms with Crippen LogP contribution in [-0.2, 0) is 10.0 Å². The maximum absolute atomic E-state index is 12.0. The Kier molecular flexibility index (Phi) is 4.29. The molecule has 2 aromatic heterocycles. The molecule has 126 valence electrons. The van der Waals surface area contributed by atoms with Crippen molar-refractivity contribution in [3.8, 4) is 11.3 Å². The van der Waals surface area contributed by atoms with Crippen molar-refractivity contribution in [3.05, 3.63) is 42.1 Å². The lowest BCUT2D eigenvalue weighted by atomic mass is 10.0. The van der Waals surface area contributed by atoms with E-state index in [-0.39, 0.29) is 5.56 Å². The molecule has 0 aliphatic carbocycles. The zero-order valence-corrected chi connectivity index (χ0v) is 13.8. The van der Waals surface area contributed by atoms with Crippen molar-refractivity contribution in [2.75, 3.05) is 12.8 Å². The molecular formula is C15H16N4O4S. The Morgan fingerprint density at radius 3 is 2.75 bits per heavy atom. The number of hydrogen-bond acceptors (Lipinski definition) is 6. The van der Waals surface area contributed by atoms with Crippen LogP contribution in [0.4, 0.5) is 0 Å². The Bertz CT molecular complexity index is 885. The minimum Gasteiger partial charge on any atom is -0.478 e. The van der Waals surface area contributed by atoms with E-state index in [1.165, 1.54) is 41.4 Å². The van der Waals surface area contributed by atoms with Gasteiger partial charge in [0, 0.05) is 36.9 Å². The van der Waals surface area contributed by atoms with Gasteiger partial charge >= 0.3 is 5.97 Å². The topological polar surface area (TPSA) is 113 Å². The second-order valence-corrected chi connectivity index (χ2v) is 7.52. The number of nitrogens with zero attached hydrogens (tertiary/aromatic N) is 4. The molecule has 24 heavy (non-hydrogen) atoms. The normalized spacial score (nSPS) is 18.6. The van der Waals surface area contributed by atoms with Crippen molar-refractivity contribution in [1.29, 1.82) is 0 Å². The van der Waals surface area contributed by atoms with Crippen LogP contribution in [0.25, 0.3) is 11.3 Å². The molecule has 9 heteroatoms. The van der Waals surface area contributed by atoms with Crippen LogP contribution in [0.15, 0.2) is 30.9 Å². The molecule has 0 radical (unpaired) electrons. The number of carboxylic acids is 1. The number of aromatic carboxylic acids is 1. The highest BCUT2D eigenvalue weighted by atomic mass is 32.2. The molecule has 8 nitrogen and oxygen atoms in total. The molecule has 0 bridgehead atoms. The Morgan fingerprint density at radius 1 is 1.29 bits per heavy atom. The zero-order chi connectivity index (χ0) is 17.3. The summed E-state index contributed by atoms with van der Waals surface area (Å²) in [6, 6.07) is 1.06. The van der Waals surface area contributed by atoms with Gasteiger partial charge in [-0.2, -0.15) is 4.31 Å². The van der Waals surface area contributed by atoms with E-state index in [1.807, 2.05) is 0 Å². The minimum atomic E-state index is -3.36. The van der Waals surface area contributed by atoms with Crippen molar-refractivity contribution in [2.45, 2.75) is 18.9 Å². The SMILES string of the molecule is CS(=O)(=O)N1CCC[C@@H]1c1nccnc1-c1cncc(C(=O)O)c1. The van der Waals surface area contributed by atoms with Gasteiger partial charge in [0.2, 0.25) is 10.0 Å². The van der Waals surface area contributed by atoms with E-state index in [2.05, 4.69) is 15.0 Å². The van der Waals surface area contributed by atoms with Gasteiger partial charge in [-0.3, -0.25) is 15.0 Å². The lowest BCUT2D eigenvalue weighted by Crippen LogP contribution is -2.30. The highest BCUT2D eigenvalue weighted by Crippen LogP contribution is 2.36. The van der Waals surface area contributed by atoms with E-state index in [9.17, 15) is 13.2 Å².